The SMILES string of the molecule is C[C@H]1NC(=S)N(c2cccc(Oc3ccncc3)c2)C1=O. The molecule has 1 fully saturated rings. The number of ether oxygens (including phenoxy) is 1. The van der Waals surface area contributed by atoms with E-state index < -0.39 is 0 Å². The lowest BCUT2D eigenvalue weighted by molar-refractivity contribution is -0.117. The van der Waals surface area contributed by atoms with Crippen LogP contribution in [0, 0.1) is 0 Å². The maximum atomic E-state index is 12.1. The fourth-order valence-corrected chi connectivity index (χ4v) is 2.45. The highest BCUT2D eigenvalue weighted by atomic mass is 32.1. The molecule has 1 atom stereocenters. The number of hydrogen-bond donors (Lipinski definition) is 1. The molecule has 0 bridgehead atoms. The Kier molecular flexibility index (Phi) is 3.53. The molecule has 0 spiro atoms. The van der Waals surface area contributed by atoms with Crippen LogP contribution in [0.15, 0.2) is 48.8 Å². The summed E-state index contributed by atoms with van der Waals surface area (Å²) in [6.07, 6.45) is 3.31. The quantitative estimate of drug-likeness (QED) is 0.883. The summed E-state index contributed by atoms with van der Waals surface area (Å²) >= 11 is 5.19. The molecule has 0 aliphatic carbocycles. The number of nitrogens with one attached hydrogen (secondary N) is 1. The van der Waals surface area contributed by atoms with Crippen molar-refractivity contribution in [3.8, 4) is 11.5 Å². The molecule has 106 valence electrons. The van der Waals surface area contributed by atoms with Crippen LogP contribution < -0.4 is 15.0 Å². The Labute approximate surface area is 127 Å². The van der Waals surface area contributed by atoms with E-state index in [1.54, 1.807) is 37.5 Å². The van der Waals surface area contributed by atoms with Crippen molar-refractivity contribution in [3.63, 3.8) is 0 Å². The van der Waals surface area contributed by atoms with Gasteiger partial charge in [0.2, 0.25) is 0 Å². The first-order chi connectivity index (χ1) is 10.1. The Bertz CT molecular complexity index is 690. The number of rotatable bonds is 3. The normalized spacial score (nSPS) is 17.8. The maximum Gasteiger partial charge on any atom is 0.255 e. The molecule has 1 aliphatic heterocycles. The molecule has 1 aromatic heterocycles. The van der Waals surface area contributed by atoms with Gasteiger partial charge < -0.3 is 10.1 Å². The van der Waals surface area contributed by atoms with Gasteiger partial charge in [0, 0.05) is 18.5 Å². The Hall–Kier alpha value is -2.47. The van der Waals surface area contributed by atoms with Gasteiger partial charge >= 0.3 is 0 Å². The molecule has 1 saturated heterocycles. The van der Waals surface area contributed by atoms with Crippen molar-refractivity contribution in [2.24, 2.45) is 0 Å². The summed E-state index contributed by atoms with van der Waals surface area (Å²) in [4.78, 5) is 17.5. The number of pyridine rings is 1. The standard InChI is InChI=1S/C15H13N3O2S/c1-10-14(19)18(15(21)17-10)11-3-2-4-13(9-11)20-12-5-7-16-8-6-12/h2-10H,1H3,(H,17,21)/t10-/m1/s1. The lowest BCUT2D eigenvalue weighted by Crippen LogP contribution is -2.30. The van der Waals surface area contributed by atoms with E-state index in [9.17, 15) is 4.79 Å². The second-order valence-electron chi connectivity index (χ2n) is 4.63. The van der Waals surface area contributed by atoms with Crippen molar-refractivity contribution in [1.29, 1.82) is 0 Å². The molecule has 2 heterocycles. The third-order valence-corrected chi connectivity index (χ3v) is 3.40. The van der Waals surface area contributed by atoms with Crippen molar-refractivity contribution in [2.45, 2.75) is 13.0 Å². The number of nitrogens with zero attached hydrogens (tertiary/aromatic N) is 2. The second-order valence-corrected chi connectivity index (χ2v) is 5.01. The van der Waals surface area contributed by atoms with E-state index in [1.807, 2.05) is 18.2 Å². The van der Waals surface area contributed by atoms with Gasteiger partial charge in [-0.05, 0) is 43.4 Å². The number of amides is 1. The number of aromatic nitrogens is 1. The van der Waals surface area contributed by atoms with E-state index >= 15 is 0 Å². The zero-order valence-corrected chi connectivity index (χ0v) is 12.1. The van der Waals surface area contributed by atoms with Gasteiger partial charge in [0.25, 0.3) is 5.91 Å². The zero-order chi connectivity index (χ0) is 14.8. The van der Waals surface area contributed by atoms with Crippen LogP contribution >= 0.6 is 12.2 Å². The maximum absolute atomic E-state index is 12.1. The van der Waals surface area contributed by atoms with Gasteiger partial charge in [-0.3, -0.25) is 14.7 Å². The molecular formula is C15H13N3O2S. The first kappa shape index (κ1) is 13.5. The van der Waals surface area contributed by atoms with Gasteiger partial charge in [-0.15, -0.1) is 0 Å². The van der Waals surface area contributed by atoms with Crippen LogP contribution in [0.3, 0.4) is 0 Å². The number of thiocarbonyl (C=S) groups is 1. The lowest BCUT2D eigenvalue weighted by Gasteiger charge is -2.16. The van der Waals surface area contributed by atoms with Crippen LogP contribution in [0.4, 0.5) is 5.69 Å². The third-order valence-electron chi connectivity index (χ3n) is 3.10. The fourth-order valence-electron chi connectivity index (χ4n) is 2.08. The van der Waals surface area contributed by atoms with Gasteiger partial charge in [0.15, 0.2) is 5.11 Å². The van der Waals surface area contributed by atoms with E-state index in [4.69, 9.17) is 17.0 Å². The Morgan fingerprint density at radius 3 is 2.67 bits per heavy atom. The smallest absolute Gasteiger partial charge is 0.255 e. The summed E-state index contributed by atoms with van der Waals surface area (Å²) in [6.45, 7) is 1.78. The van der Waals surface area contributed by atoms with Crippen LogP contribution in [-0.2, 0) is 4.79 Å². The van der Waals surface area contributed by atoms with Gasteiger partial charge in [-0.25, -0.2) is 0 Å². The molecule has 1 aliphatic rings. The first-order valence-corrected chi connectivity index (χ1v) is 6.88. The van der Waals surface area contributed by atoms with Crippen molar-refractivity contribution in [1.82, 2.24) is 10.3 Å². The summed E-state index contributed by atoms with van der Waals surface area (Å²) in [6, 6.07) is 10.5. The molecule has 3 rings (SSSR count). The predicted molar refractivity (Wildman–Crippen MR) is 83.4 cm³/mol. The van der Waals surface area contributed by atoms with Crippen molar-refractivity contribution in [2.75, 3.05) is 4.90 Å². The Morgan fingerprint density at radius 1 is 1.24 bits per heavy atom. The van der Waals surface area contributed by atoms with Crippen LogP contribution in [-0.4, -0.2) is 22.0 Å². The second kappa shape index (κ2) is 5.49. The summed E-state index contributed by atoms with van der Waals surface area (Å²) in [5.74, 6) is 1.25. The van der Waals surface area contributed by atoms with Crippen molar-refractivity contribution < 1.29 is 9.53 Å². The minimum atomic E-state index is -0.303. The average Bonchev–Trinajstić information content (AvgIpc) is 2.73. The molecule has 2 aromatic rings. The topological polar surface area (TPSA) is 54.5 Å². The minimum absolute atomic E-state index is 0.0685. The Morgan fingerprint density at radius 2 is 2.00 bits per heavy atom. The van der Waals surface area contributed by atoms with Crippen LogP contribution in [0.2, 0.25) is 0 Å². The molecule has 0 saturated carbocycles. The van der Waals surface area contributed by atoms with Gasteiger partial charge in [-0.1, -0.05) is 6.07 Å². The molecular weight excluding hydrogens is 286 g/mol. The van der Waals surface area contributed by atoms with Crippen LogP contribution in [0.25, 0.3) is 0 Å². The summed E-state index contributed by atoms with van der Waals surface area (Å²) < 4.78 is 5.73. The van der Waals surface area contributed by atoms with E-state index in [2.05, 4.69) is 10.3 Å². The molecule has 5 nitrogen and oxygen atoms in total. The van der Waals surface area contributed by atoms with Crippen LogP contribution in [0.5, 0.6) is 11.5 Å². The van der Waals surface area contributed by atoms with E-state index in [-0.39, 0.29) is 11.9 Å². The predicted octanol–water partition coefficient (Wildman–Crippen LogP) is 2.48. The summed E-state index contributed by atoms with van der Waals surface area (Å²) in [5.41, 5.74) is 0.688. The van der Waals surface area contributed by atoms with Crippen LogP contribution in [0.1, 0.15) is 6.92 Å². The Balaban J connectivity index is 1.87. The van der Waals surface area contributed by atoms with Crippen molar-refractivity contribution >= 4 is 28.9 Å². The van der Waals surface area contributed by atoms with Gasteiger partial charge in [0.1, 0.15) is 17.5 Å². The first-order valence-electron chi connectivity index (χ1n) is 6.47. The zero-order valence-electron chi connectivity index (χ0n) is 11.3. The number of benzene rings is 1. The molecule has 21 heavy (non-hydrogen) atoms. The monoisotopic (exact) mass is 299 g/mol. The molecule has 1 N–H and O–H groups in total. The largest absolute Gasteiger partial charge is 0.457 e. The summed E-state index contributed by atoms with van der Waals surface area (Å²) in [7, 11) is 0. The summed E-state index contributed by atoms with van der Waals surface area (Å²) in [5, 5.41) is 3.35. The number of carbonyl (C=O) groups excluding carboxylic acids is 1. The molecule has 1 amide bonds. The lowest BCUT2D eigenvalue weighted by atomic mass is 10.2. The highest BCUT2D eigenvalue weighted by molar-refractivity contribution is 7.80. The molecule has 0 unspecified atom stereocenters. The minimum Gasteiger partial charge on any atom is -0.457 e. The molecule has 6 heteroatoms. The number of anilines is 1. The van der Waals surface area contributed by atoms with E-state index in [1.165, 1.54) is 4.90 Å². The van der Waals surface area contributed by atoms with E-state index in [0.29, 0.717) is 22.3 Å². The number of carbonyl (C=O) groups is 1. The fraction of sp³-hybridized carbons (Fsp3) is 0.133. The highest BCUT2D eigenvalue weighted by Gasteiger charge is 2.33. The highest BCUT2D eigenvalue weighted by Crippen LogP contribution is 2.27. The molecule has 1 aromatic carbocycles. The van der Waals surface area contributed by atoms with Crippen molar-refractivity contribution in [3.05, 3.63) is 48.8 Å². The van der Waals surface area contributed by atoms with E-state index in [0.717, 1.165) is 0 Å². The third kappa shape index (κ3) is 2.71. The van der Waals surface area contributed by atoms with Gasteiger partial charge in [-0.2, -0.15) is 0 Å². The molecule has 0 radical (unpaired) electrons. The average molecular weight is 299 g/mol. The van der Waals surface area contributed by atoms with Gasteiger partial charge in [0.05, 0.1) is 5.69 Å². The number of hydrogen-bond acceptors (Lipinski definition) is 4.